The number of alkyl halides is 2. The highest BCUT2D eigenvalue weighted by Crippen LogP contribution is 2.46. The monoisotopic (exact) mass is 907 g/mol. The van der Waals surface area contributed by atoms with Crippen molar-refractivity contribution < 1.29 is 27.5 Å². The molecule has 8 heterocycles. The number of benzene rings is 2. The number of hydrogen-bond acceptors (Lipinski definition) is 12. The quantitative estimate of drug-likeness (QED) is 0.147. The van der Waals surface area contributed by atoms with Crippen LogP contribution in [0.3, 0.4) is 0 Å². The molecule has 66 heavy (non-hydrogen) atoms. The molecular weight excluding hydrogens is 852 g/mol. The minimum absolute atomic E-state index is 0.0105. The first-order valence-electron chi connectivity index (χ1n) is 23.6. The predicted molar refractivity (Wildman–Crippen MR) is 245 cm³/mol. The zero-order valence-corrected chi connectivity index (χ0v) is 37.4. The molecular formula is C48H56F3N11O4. The number of halogens is 3. The maximum Gasteiger partial charge on any atom is 0.301 e. The van der Waals surface area contributed by atoms with Crippen LogP contribution in [-0.4, -0.2) is 105 Å². The minimum Gasteiger partial charge on any atom is -0.480 e. The van der Waals surface area contributed by atoms with Crippen molar-refractivity contribution in [2.45, 2.75) is 82.1 Å². The lowest BCUT2D eigenvalue weighted by atomic mass is 9.71. The summed E-state index contributed by atoms with van der Waals surface area (Å²) in [7, 11) is 3.49. The number of amides is 2. The number of hydrogen-bond donors (Lipinski definition) is 3. The molecule has 0 bridgehead atoms. The average Bonchev–Trinajstić information content (AvgIpc) is 4.12. The number of aryl methyl sites for hydroxylation is 2. The van der Waals surface area contributed by atoms with Gasteiger partial charge in [-0.05, 0) is 125 Å². The van der Waals surface area contributed by atoms with Gasteiger partial charge in [-0.15, -0.1) is 0 Å². The van der Waals surface area contributed by atoms with Crippen LogP contribution >= 0.6 is 0 Å². The van der Waals surface area contributed by atoms with Gasteiger partial charge in [0, 0.05) is 75.4 Å². The second-order valence-corrected chi connectivity index (χ2v) is 19.7. The number of likely N-dealkylation sites (tertiary alicyclic amines) is 1. The molecule has 11 rings (SSSR count). The number of pyridine rings is 1. The van der Waals surface area contributed by atoms with Gasteiger partial charge >= 0.3 is 5.92 Å². The molecule has 5 aliphatic heterocycles. The second kappa shape index (κ2) is 16.5. The van der Waals surface area contributed by atoms with Gasteiger partial charge < -0.3 is 34.6 Å². The maximum absolute atomic E-state index is 15.3. The summed E-state index contributed by atoms with van der Waals surface area (Å²) >= 11 is 0. The Kier molecular flexibility index (Phi) is 10.6. The van der Waals surface area contributed by atoms with E-state index in [1.807, 2.05) is 11.7 Å². The van der Waals surface area contributed by atoms with E-state index < -0.39 is 35.9 Å². The van der Waals surface area contributed by atoms with Crippen LogP contribution in [0.4, 0.5) is 42.0 Å². The van der Waals surface area contributed by atoms with Gasteiger partial charge in [-0.1, -0.05) is 0 Å². The third-order valence-corrected chi connectivity index (χ3v) is 15.6. The van der Waals surface area contributed by atoms with E-state index in [-0.39, 0.29) is 40.4 Å². The normalized spacial score (nSPS) is 23.7. The highest BCUT2D eigenvalue weighted by molar-refractivity contribution is 6.03. The van der Waals surface area contributed by atoms with Crippen molar-refractivity contribution in [1.29, 1.82) is 0 Å². The molecule has 1 unspecified atom stereocenters. The number of piperidine rings is 4. The Morgan fingerprint density at radius 3 is 2.36 bits per heavy atom. The van der Waals surface area contributed by atoms with E-state index >= 15 is 13.2 Å². The van der Waals surface area contributed by atoms with Crippen LogP contribution in [0, 0.1) is 23.1 Å². The molecule has 348 valence electrons. The number of ether oxygens (including phenoxy) is 1. The first-order chi connectivity index (χ1) is 31.8. The lowest BCUT2D eigenvalue weighted by Gasteiger charge is -2.47. The van der Waals surface area contributed by atoms with Crippen molar-refractivity contribution >= 4 is 62.4 Å². The van der Waals surface area contributed by atoms with E-state index in [1.54, 1.807) is 25.2 Å². The van der Waals surface area contributed by atoms with Crippen molar-refractivity contribution in [2.24, 2.45) is 31.3 Å². The van der Waals surface area contributed by atoms with Crippen LogP contribution < -0.4 is 36.0 Å². The molecule has 2 amide bonds. The molecule has 1 spiro atoms. The first kappa shape index (κ1) is 42.7. The summed E-state index contributed by atoms with van der Waals surface area (Å²) in [6, 6.07) is 10.4. The fourth-order valence-electron chi connectivity index (χ4n) is 11.3. The van der Waals surface area contributed by atoms with Crippen molar-refractivity contribution in [3.05, 3.63) is 64.5 Å². The molecule has 1 saturated carbocycles. The molecule has 6 aliphatic rings. The Bertz CT molecular complexity index is 2780. The molecule has 2 aromatic carbocycles. The number of carbonyl (C=O) groups excluding carboxylic acids is 2. The molecule has 0 radical (unpaired) electrons. The summed E-state index contributed by atoms with van der Waals surface area (Å²) in [6.07, 6.45) is 9.96. The Morgan fingerprint density at radius 1 is 0.864 bits per heavy atom. The van der Waals surface area contributed by atoms with Gasteiger partial charge in [-0.25, -0.2) is 18.2 Å². The van der Waals surface area contributed by atoms with Crippen LogP contribution in [0.5, 0.6) is 5.75 Å². The molecule has 1 aliphatic carbocycles. The van der Waals surface area contributed by atoms with Crippen LogP contribution in [0.25, 0.3) is 21.8 Å². The summed E-state index contributed by atoms with van der Waals surface area (Å²) < 4.78 is 54.4. The van der Waals surface area contributed by atoms with E-state index in [1.165, 1.54) is 16.5 Å². The molecule has 15 nitrogen and oxygen atoms in total. The maximum atomic E-state index is 15.3. The molecule has 5 aromatic rings. The van der Waals surface area contributed by atoms with Crippen LogP contribution in [0.1, 0.15) is 75.8 Å². The molecule has 18 heteroatoms. The lowest BCUT2D eigenvalue weighted by Crippen LogP contribution is -2.48. The highest BCUT2D eigenvalue weighted by atomic mass is 19.3. The lowest BCUT2D eigenvalue weighted by molar-refractivity contribution is -0.134. The molecule has 5 fully saturated rings. The number of anilines is 5. The number of carbonyl (C=O) groups is 2. The van der Waals surface area contributed by atoms with Crippen LogP contribution in [-0.2, 0) is 23.7 Å². The third kappa shape index (κ3) is 7.87. The summed E-state index contributed by atoms with van der Waals surface area (Å²) in [5.74, 6) is -3.92. The van der Waals surface area contributed by atoms with Crippen molar-refractivity contribution in [3.8, 4) is 5.75 Å². The molecule has 3 N–H and O–H groups in total. The van der Waals surface area contributed by atoms with Gasteiger partial charge in [-0.2, -0.15) is 10.1 Å². The standard InChI is InChI=1S/C48H56F3N11O4/c1-58-36-9-5-30(23-34(36)40-41(45(58)65)66-27-48(50,51)42(55-40)29-3-4-29)53-43-35(49)25-52-46(56-43)62-21-15-47(16-22-62)13-19-60(20-14-47)26-28-11-17-61(18-12-28)31-6-7-32-37(24-31)59(2)57-39(32)33-8-10-38(63)54-44(33)64/h5-7,9,23-25,28-29,33,42,55H,3-4,8,10-22,26-27H2,1-2H3,(H,52,53,56)(H,54,63,64)/t33?,42-/m0/s1. The number of nitrogens with zero attached hydrogens (tertiary/aromatic N) is 8. The van der Waals surface area contributed by atoms with Crippen LogP contribution in [0.2, 0.25) is 0 Å². The highest BCUT2D eigenvalue weighted by Gasteiger charge is 2.51. The number of imide groups is 1. The number of fused-ring (bicyclic) bond motifs is 4. The van der Waals surface area contributed by atoms with E-state index in [4.69, 9.17) is 9.84 Å². The van der Waals surface area contributed by atoms with Gasteiger partial charge in [0.1, 0.15) is 0 Å². The number of rotatable bonds is 8. The van der Waals surface area contributed by atoms with E-state index in [2.05, 4.69) is 58.8 Å². The largest absolute Gasteiger partial charge is 0.480 e. The fraction of sp³-hybridized carbons (Fsp3) is 0.542. The summed E-state index contributed by atoms with van der Waals surface area (Å²) in [5, 5.41) is 14.8. The van der Waals surface area contributed by atoms with E-state index in [0.29, 0.717) is 54.1 Å². The van der Waals surface area contributed by atoms with E-state index in [9.17, 15) is 14.4 Å². The third-order valence-electron chi connectivity index (χ3n) is 15.6. The zero-order valence-electron chi connectivity index (χ0n) is 37.4. The Morgan fingerprint density at radius 2 is 1.62 bits per heavy atom. The first-order valence-corrected chi connectivity index (χ1v) is 23.6. The minimum atomic E-state index is -3.16. The van der Waals surface area contributed by atoms with Gasteiger partial charge in [0.2, 0.25) is 23.5 Å². The second-order valence-electron chi connectivity index (χ2n) is 19.7. The fourth-order valence-corrected chi connectivity index (χ4v) is 11.3. The SMILES string of the molecule is Cn1nc(C2CCC(=O)NC2=O)c2ccc(N3CCC(CN4CCC5(CC4)CCN(c4ncc(F)c(Nc6ccc7c(c6)c6c(c(=O)n7C)OCC(F)(F)[C@H](C7CC7)N6)n4)CC5)CC3)cc21. The smallest absolute Gasteiger partial charge is 0.301 e. The van der Waals surface area contributed by atoms with Crippen LogP contribution in [0.15, 0.2) is 47.4 Å². The van der Waals surface area contributed by atoms with Gasteiger partial charge in [0.15, 0.2) is 18.2 Å². The summed E-state index contributed by atoms with van der Waals surface area (Å²) in [4.78, 5) is 53.9. The van der Waals surface area contributed by atoms with Crippen molar-refractivity contribution in [2.75, 3.05) is 72.9 Å². The van der Waals surface area contributed by atoms with E-state index in [0.717, 1.165) is 101 Å². The number of aromatic nitrogens is 5. The Labute approximate surface area is 380 Å². The Balaban J connectivity index is 0.686. The predicted octanol–water partition coefficient (Wildman–Crippen LogP) is 6.44. The molecule has 4 saturated heterocycles. The number of nitrogens with one attached hydrogen (secondary N) is 3. The van der Waals surface area contributed by atoms with Gasteiger partial charge in [0.25, 0.3) is 5.56 Å². The molecule has 3 aromatic heterocycles. The van der Waals surface area contributed by atoms with Gasteiger partial charge in [-0.3, -0.25) is 24.4 Å². The summed E-state index contributed by atoms with van der Waals surface area (Å²) in [5.41, 5.74) is 3.90. The van der Waals surface area contributed by atoms with Crippen molar-refractivity contribution in [3.63, 3.8) is 0 Å². The zero-order chi connectivity index (χ0) is 45.5. The van der Waals surface area contributed by atoms with Crippen molar-refractivity contribution in [1.82, 2.24) is 34.5 Å². The van der Waals surface area contributed by atoms with Gasteiger partial charge in [0.05, 0.1) is 40.6 Å². The summed E-state index contributed by atoms with van der Waals surface area (Å²) in [6.45, 7) is 5.95. The Hall–Kier alpha value is -5.91. The average molecular weight is 908 g/mol. The topological polar surface area (TPSA) is 155 Å². The molecule has 2 atom stereocenters.